The van der Waals surface area contributed by atoms with E-state index in [9.17, 15) is 8.42 Å². The van der Waals surface area contributed by atoms with Crippen LogP contribution in [0.4, 0.5) is 0 Å². The molecule has 0 saturated carbocycles. The largest absolute Gasteiger partial charge is 0.411 e. The van der Waals surface area contributed by atoms with Crippen LogP contribution in [-0.4, -0.2) is 36.7 Å². The van der Waals surface area contributed by atoms with Crippen LogP contribution in [0.15, 0.2) is 28.3 Å². The van der Waals surface area contributed by atoms with Crippen LogP contribution in [0.25, 0.3) is 0 Å². The first-order valence-electron chi connectivity index (χ1n) is 6.56. The molecule has 1 heterocycles. The molecule has 1 saturated heterocycles. The summed E-state index contributed by atoms with van der Waals surface area (Å²) in [4.78, 5) is 0.0101. The maximum absolute atomic E-state index is 12.7. The van der Waals surface area contributed by atoms with E-state index in [1.807, 2.05) is 6.92 Å². The van der Waals surface area contributed by atoms with E-state index in [0.717, 1.165) is 0 Å². The summed E-state index contributed by atoms with van der Waals surface area (Å²) in [7, 11) is -3.71. The average molecular weight is 351 g/mol. The first kappa shape index (κ1) is 16.5. The fourth-order valence-corrected chi connectivity index (χ4v) is 4.64. The maximum atomic E-state index is 12.7. The van der Waals surface area contributed by atoms with Gasteiger partial charge < -0.3 is 5.21 Å². The van der Waals surface area contributed by atoms with E-state index in [4.69, 9.17) is 28.4 Å². The molecule has 2 rings (SSSR count). The summed E-state index contributed by atoms with van der Waals surface area (Å²) < 4.78 is 26.8. The summed E-state index contributed by atoms with van der Waals surface area (Å²) in [5, 5.41) is 12.7. The first-order chi connectivity index (χ1) is 9.90. The second kappa shape index (κ2) is 6.52. The van der Waals surface area contributed by atoms with E-state index in [2.05, 4.69) is 5.16 Å². The predicted octanol–water partition coefficient (Wildman–Crippen LogP) is 3.24. The summed E-state index contributed by atoms with van der Waals surface area (Å²) in [6, 6.07) is 4.37. The zero-order valence-electron chi connectivity index (χ0n) is 11.5. The van der Waals surface area contributed by atoms with Gasteiger partial charge in [0, 0.05) is 30.5 Å². The maximum Gasteiger partial charge on any atom is 0.244 e. The van der Waals surface area contributed by atoms with Crippen molar-refractivity contribution in [3.63, 3.8) is 0 Å². The van der Waals surface area contributed by atoms with Crippen molar-refractivity contribution in [2.45, 2.75) is 24.7 Å². The SMILES string of the molecule is CCC1CN(S(=O)(=O)c2cc(Cl)ccc2Cl)CC/C1=N\O. The topological polar surface area (TPSA) is 70.0 Å². The molecule has 8 heteroatoms. The summed E-state index contributed by atoms with van der Waals surface area (Å²) in [5.74, 6) is -0.0866. The molecule has 1 fully saturated rings. The van der Waals surface area contributed by atoms with Gasteiger partial charge in [0.2, 0.25) is 10.0 Å². The fourth-order valence-electron chi connectivity index (χ4n) is 2.41. The third-order valence-corrected chi connectivity index (χ3v) is 6.23. The average Bonchev–Trinajstić information content (AvgIpc) is 2.48. The summed E-state index contributed by atoms with van der Waals surface area (Å²) >= 11 is 11.9. The molecule has 1 aromatic carbocycles. The van der Waals surface area contributed by atoms with Crippen LogP contribution in [0, 0.1) is 5.92 Å². The van der Waals surface area contributed by atoms with Crippen LogP contribution in [0.3, 0.4) is 0 Å². The number of halogens is 2. The normalized spacial score (nSPS) is 22.6. The zero-order valence-corrected chi connectivity index (χ0v) is 13.8. The van der Waals surface area contributed by atoms with Crippen molar-refractivity contribution >= 4 is 38.9 Å². The molecule has 0 aliphatic carbocycles. The van der Waals surface area contributed by atoms with E-state index < -0.39 is 10.0 Å². The van der Waals surface area contributed by atoms with Crippen LogP contribution < -0.4 is 0 Å². The summed E-state index contributed by atoms with van der Waals surface area (Å²) in [6.07, 6.45) is 1.11. The Balaban J connectivity index is 2.34. The van der Waals surface area contributed by atoms with Crippen molar-refractivity contribution in [2.24, 2.45) is 11.1 Å². The highest BCUT2D eigenvalue weighted by Gasteiger charge is 2.34. The van der Waals surface area contributed by atoms with Gasteiger partial charge in [0.05, 0.1) is 10.7 Å². The van der Waals surface area contributed by atoms with Crippen LogP contribution in [0.2, 0.25) is 10.0 Å². The number of sulfonamides is 1. The van der Waals surface area contributed by atoms with Crippen molar-refractivity contribution < 1.29 is 13.6 Å². The van der Waals surface area contributed by atoms with Gasteiger partial charge in [-0.05, 0) is 24.6 Å². The molecule has 1 aromatic rings. The Bertz CT molecular complexity index is 661. The minimum absolute atomic E-state index is 0.0101. The van der Waals surface area contributed by atoms with Crippen molar-refractivity contribution in [2.75, 3.05) is 13.1 Å². The number of hydrogen-bond donors (Lipinski definition) is 1. The molecule has 116 valence electrons. The number of rotatable bonds is 3. The number of benzene rings is 1. The van der Waals surface area contributed by atoms with Crippen LogP contribution in [-0.2, 0) is 10.0 Å². The quantitative estimate of drug-likeness (QED) is 0.671. The van der Waals surface area contributed by atoms with Crippen molar-refractivity contribution in [3.05, 3.63) is 28.2 Å². The molecule has 0 aromatic heterocycles. The van der Waals surface area contributed by atoms with Gasteiger partial charge in [-0.2, -0.15) is 4.31 Å². The lowest BCUT2D eigenvalue weighted by Crippen LogP contribution is -2.44. The molecule has 21 heavy (non-hydrogen) atoms. The van der Waals surface area contributed by atoms with Gasteiger partial charge in [0.1, 0.15) is 4.90 Å². The van der Waals surface area contributed by atoms with Crippen LogP contribution >= 0.6 is 23.2 Å². The van der Waals surface area contributed by atoms with Crippen LogP contribution in [0.1, 0.15) is 19.8 Å². The van der Waals surface area contributed by atoms with Crippen LogP contribution in [0.5, 0.6) is 0 Å². The lowest BCUT2D eigenvalue weighted by Gasteiger charge is -2.32. The van der Waals surface area contributed by atoms with Gasteiger partial charge >= 0.3 is 0 Å². The molecular formula is C13H16Cl2N2O3S. The second-order valence-electron chi connectivity index (χ2n) is 4.88. The smallest absolute Gasteiger partial charge is 0.244 e. The molecule has 0 amide bonds. The monoisotopic (exact) mass is 350 g/mol. The molecule has 0 spiro atoms. The minimum Gasteiger partial charge on any atom is -0.411 e. The van der Waals surface area contributed by atoms with Gasteiger partial charge in [0.15, 0.2) is 0 Å². The number of oxime groups is 1. The van der Waals surface area contributed by atoms with Gasteiger partial charge in [-0.15, -0.1) is 0 Å². The second-order valence-corrected chi connectivity index (χ2v) is 7.63. The molecule has 1 unspecified atom stereocenters. The lowest BCUT2D eigenvalue weighted by atomic mass is 9.95. The Morgan fingerprint density at radius 3 is 2.76 bits per heavy atom. The summed E-state index contributed by atoms with van der Waals surface area (Å²) in [6.45, 7) is 2.47. The third kappa shape index (κ3) is 3.34. The third-order valence-electron chi connectivity index (χ3n) is 3.64. The lowest BCUT2D eigenvalue weighted by molar-refractivity contribution is 0.295. The molecule has 0 bridgehead atoms. The van der Waals surface area contributed by atoms with Gasteiger partial charge in [-0.1, -0.05) is 35.3 Å². The summed E-state index contributed by atoms with van der Waals surface area (Å²) in [5.41, 5.74) is 0.640. The molecule has 0 radical (unpaired) electrons. The molecular weight excluding hydrogens is 335 g/mol. The standard InChI is InChI=1S/C13H16Cl2N2O3S/c1-2-9-8-17(6-5-12(9)16-18)21(19,20)13-7-10(14)3-4-11(13)15/h3-4,7,9,18H,2,5-6,8H2,1H3/b16-12+. The molecule has 1 atom stereocenters. The highest BCUT2D eigenvalue weighted by Crippen LogP contribution is 2.30. The molecule has 1 aliphatic rings. The van der Waals surface area contributed by atoms with E-state index in [1.54, 1.807) is 6.07 Å². The van der Waals surface area contributed by atoms with Gasteiger partial charge in [0.25, 0.3) is 0 Å². The van der Waals surface area contributed by atoms with E-state index >= 15 is 0 Å². The number of nitrogens with zero attached hydrogens (tertiary/aromatic N) is 2. The Morgan fingerprint density at radius 1 is 1.43 bits per heavy atom. The number of hydrogen-bond acceptors (Lipinski definition) is 4. The Hall–Kier alpha value is -0.820. The molecule has 1 aliphatic heterocycles. The van der Waals surface area contributed by atoms with Crippen molar-refractivity contribution in [1.82, 2.24) is 4.31 Å². The predicted molar refractivity (Wildman–Crippen MR) is 82.8 cm³/mol. The molecule has 5 nitrogen and oxygen atoms in total. The van der Waals surface area contributed by atoms with Gasteiger partial charge in [-0.25, -0.2) is 8.42 Å². The minimum atomic E-state index is -3.71. The Morgan fingerprint density at radius 2 is 2.14 bits per heavy atom. The van der Waals surface area contributed by atoms with Gasteiger partial charge in [-0.3, -0.25) is 0 Å². The van der Waals surface area contributed by atoms with E-state index in [1.165, 1.54) is 16.4 Å². The molecule has 1 N–H and O–H groups in total. The van der Waals surface area contributed by atoms with E-state index in [-0.39, 0.29) is 28.9 Å². The highest BCUT2D eigenvalue weighted by molar-refractivity contribution is 7.89. The van der Waals surface area contributed by atoms with Crippen molar-refractivity contribution in [3.8, 4) is 0 Å². The van der Waals surface area contributed by atoms with Crippen molar-refractivity contribution in [1.29, 1.82) is 0 Å². The highest BCUT2D eigenvalue weighted by atomic mass is 35.5. The first-order valence-corrected chi connectivity index (χ1v) is 8.75. The Kier molecular flexibility index (Phi) is 5.14. The van der Waals surface area contributed by atoms with E-state index in [0.29, 0.717) is 23.6 Å². The zero-order chi connectivity index (χ0) is 15.6. The number of piperidine rings is 1. The fraction of sp³-hybridized carbons (Fsp3) is 0.462. The Labute approximate surface area is 134 Å².